The van der Waals surface area contributed by atoms with Crippen LogP contribution in [0.15, 0.2) is 22.7 Å². The predicted molar refractivity (Wildman–Crippen MR) is 104 cm³/mol. The first kappa shape index (κ1) is 19.5. The van der Waals surface area contributed by atoms with E-state index in [-0.39, 0.29) is 15.2 Å². The second kappa shape index (κ2) is 7.74. The molecule has 0 bridgehead atoms. The van der Waals surface area contributed by atoms with Gasteiger partial charge in [-0.25, -0.2) is 13.4 Å². The molecule has 1 amide bonds. The van der Waals surface area contributed by atoms with Crippen molar-refractivity contribution in [2.75, 3.05) is 55.4 Å². The molecule has 1 aliphatic heterocycles. The van der Waals surface area contributed by atoms with E-state index in [0.29, 0.717) is 26.2 Å². The van der Waals surface area contributed by atoms with Crippen LogP contribution in [-0.4, -0.2) is 74.1 Å². The molecule has 1 N–H and O–H groups in total. The average molecular weight is 412 g/mol. The fourth-order valence-electron chi connectivity index (χ4n) is 2.62. The summed E-state index contributed by atoms with van der Waals surface area (Å²) in [5.74, 6) is 0.437. The third kappa shape index (κ3) is 4.34. The number of nitrogens with zero attached hydrogens (tertiary/aromatic N) is 6. The lowest BCUT2D eigenvalue weighted by molar-refractivity contribution is -0.114. The number of aromatic nitrogens is 3. The molecule has 3 heterocycles. The van der Waals surface area contributed by atoms with Gasteiger partial charge in [0, 0.05) is 53.3 Å². The molecule has 2 aromatic rings. The normalized spacial score (nSPS) is 15.6. The SMILES string of the molecule is CC(=O)Nc1ncc(S(=O)(=O)N2CCN(c3cc(N(C)C)cnn3)CC2)s1. The lowest BCUT2D eigenvalue weighted by Crippen LogP contribution is -2.48. The molecule has 27 heavy (non-hydrogen) atoms. The van der Waals surface area contributed by atoms with Gasteiger partial charge in [0.1, 0.15) is 0 Å². The molecule has 1 aliphatic rings. The van der Waals surface area contributed by atoms with Crippen molar-refractivity contribution in [2.24, 2.45) is 0 Å². The van der Waals surface area contributed by atoms with E-state index >= 15 is 0 Å². The van der Waals surface area contributed by atoms with E-state index in [1.54, 1.807) is 6.20 Å². The number of hydrogen-bond acceptors (Lipinski definition) is 9. The van der Waals surface area contributed by atoms with E-state index in [4.69, 9.17) is 0 Å². The van der Waals surface area contributed by atoms with Gasteiger partial charge in [0.15, 0.2) is 15.2 Å². The zero-order valence-electron chi connectivity index (χ0n) is 15.3. The Morgan fingerprint density at radius 3 is 2.56 bits per heavy atom. The summed E-state index contributed by atoms with van der Waals surface area (Å²) in [5, 5.41) is 10.9. The van der Waals surface area contributed by atoms with Crippen LogP contribution in [-0.2, 0) is 14.8 Å². The molecule has 12 heteroatoms. The quantitative estimate of drug-likeness (QED) is 0.756. The van der Waals surface area contributed by atoms with E-state index in [0.717, 1.165) is 22.8 Å². The summed E-state index contributed by atoms with van der Waals surface area (Å²) in [6.07, 6.45) is 2.96. The van der Waals surface area contributed by atoms with Gasteiger partial charge in [-0.2, -0.15) is 9.40 Å². The number of sulfonamides is 1. The monoisotopic (exact) mass is 411 g/mol. The summed E-state index contributed by atoms with van der Waals surface area (Å²) in [7, 11) is 0.215. The van der Waals surface area contributed by atoms with Gasteiger partial charge in [-0.1, -0.05) is 11.3 Å². The van der Waals surface area contributed by atoms with E-state index in [2.05, 4.69) is 20.5 Å². The maximum Gasteiger partial charge on any atom is 0.254 e. The fourth-order valence-corrected chi connectivity index (χ4v) is 5.27. The number of hydrogen-bond donors (Lipinski definition) is 1. The van der Waals surface area contributed by atoms with Gasteiger partial charge in [0.25, 0.3) is 10.0 Å². The Morgan fingerprint density at radius 1 is 1.22 bits per heavy atom. The van der Waals surface area contributed by atoms with Crippen LogP contribution in [0.25, 0.3) is 0 Å². The van der Waals surface area contributed by atoms with Crippen LogP contribution in [0.5, 0.6) is 0 Å². The molecule has 0 radical (unpaired) electrons. The molecule has 0 unspecified atom stereocenters. The van der Waals surface area contributed by atoms with E-state index in [9.17, 15) is 13.2 Å². The molecule has 146 valence electrons. The van der Waals surface area contributed by atoms with Crippen molar-refractivity contribution in [3.63, 3.8) is 0 Å². The lowest BCUT2D eigenvalue weighted by atomic mass is 10.3. The molecule has 0 aromatic carbocycles. The molecule has 0 spiro atoms. The Labute approximate surface area is 161 Å². The minimum absolute atomic E-state index is 0.120. The molecule has 2 aromatic heterocycles. The van der Waals surface area contributed by atoms with Crippen LogP contribution in [0.4, 0.5) is 16.6 Å². The highest BCUT2D eigenvalue weighted by Crippen LogP contribution is 2.27. The second-order valence-corrected chi connectivity index (χ2v) is 9.42. The number of carbonyl (C=O) groups excluding carboxylic acids is 1. The first-order valence-electron chi connectivity index (χ1n) is 8.26. The maximum atomic E-state index is 12.8. The van der Waals surface area contributed by atoms with Crippen LogP contribution in [0.1, 0.15) is 6.92 Å². The molecule has 1 fully saturated rings. The largest absolute Gasteiger partial charge is 0.376 e. The minimum atomic E-state index is -3.64. The van der Waals surface area contributed by atoms with Gasteiger partial charge in [-0.05, 0) is 0 Å². The smallest absolute Gasteiger partial charge is 0.254 e. The van der Waals surface area contributed by atoms with Gasteiger partial charge in [-0.3, -0.25) is 4.79 Å². The summed E-state index contributed by atoms with van der Waals surface area (Å²) in [5.41, 5.74) is 0.935. The van der Waals surface area contributed by atoms with Gasteiger partial charge in [0.05, 0.1) is 18.1 Å². The standard InChI is InChI=1S/C15H21N7O3S2/c1-11(23)18-15-16-10-14(26-15)27(24,25)22-6-4-21(5-7-22)13-8-12(20(2)3)9-17-19-13/h8-10H,4-7H2,1-3H3,(H,16,18,23). The number of thiazole rings is 1. The van der Waals surface area contributed by atoms with Crippen LogP contribution in [0.2, 0.25) is 0 Å². The zero-order chi connectivity index (χ0) is 19.6. The summed E-state index contributed by atoms with van der Waals surface area (Å²) in [6, 6.07) is 1.93. The van der Waals surface area contributed by atoms with E-state index in [1.807, 2.05) is 30.0 Å². The van der Waals surface area contributed by atoms with Gasteiger partial charge in [0.2, 0.25) is 5.91 Å². The topological polar surface area (TPSA) is 112 Å². The summed E-state index contributed by atoms with van der Waals surface area (Å²) < 4.78 is 27.2. The van der Waals surface area contributed by atoms with Crippen LogP contribution < -0.4 is 15.1 Å². The third-order valence-electron chi connectivity index (χ3n) is 4.07. The highest BCUT2D eigenvalue weighted by Gasteiger charge is 2.31. The number of amides is 1. The predicted octanol–water partition coefficient (Wildman–Crippen LogP) is 0.468. The Bertz CT molecular complexity index is 921. The van der Waals surface area contributed by atoms with Gasteiger partial charge < -0.3 is 15.1 Å². The van der Waals surface area contributed by atoms with Crippen molar-refractivity contribution in [3.05, 3.63) is 18.5 Å². The number of piperazine rings is 1. The Balaban J connectivity index is 1.68. The Morgan fingerprint density at radius 2 is 1.93 bits per heavy atom. The van der Waals surface area contributed by atoms with Crippen molar-refractivity contribution in [3.8, 4) is 0 Å². The zero-order valence-corrected chi connectivity index (χ0v) is 16.9. The van der Waals surface area contributed by atoms with Crippen LogP contribution in [0.3, 0.4) is 0 Å². The van der Waals surface area contributed by atoms with Crippen molar-refractivity contribution < 1.29 is 13.2 Å². The highest BCUT2D eigenvalue weighted by atomic mass is 32.2. The Hall–Kier alpha value is -2.31. The second-order valence-electron chi connectivity index (χ2n) is 6.22. The van der Waals surface area contributed by atoms with Gasteiger partial charge in [-0.15, -0.1) is 5.10 Å². The summed E-state index contributed by atoms with van der Waals surface area (Å²) >= 11 is 0.950. The fraction of sp³-hybridized carbons (Fsp3) is 0.467. The van der Waals surface area contributed by atoms with Crippen molar-refractivity contribution in [2.45, 2.75) is 11.1 Å². The van der Waals surface area contributed by atoms with Crippen molar-refractivity contribution in [1.29, 1.82) is 0 Å². The summed E-state index contributed by atoms with van der Waals surface area (Å²) in [4.78, 5) is 19.0. The first-order chi connectivity index (χ1) is 12.8. The molecule has 0 aliphatic carbocycles. The lowest BCUT2D eigenvalue weighted by Gasteiger charge is -2.34. The molecular weight excluding hydrogens is 390 g/mol. The average Bonchev–Trinajstić information content (AvgIpc) is 3.10. The first-order valence-corrected chi connectivity index (χ1v) is 10.5. The highest BCUT2D eigenvalue weighted by molar-refractivity contribution is 7.91. The molecule has 0 atom stereocenters. The molecular formula is C15H21N7O3S2. The van der Waals surface area contributed by atoms with Crippen molar-refractivity contribution >= 4 is 43.9 Å². The molecule has 0 saturated carbocycles. The maximum absolute atomic E-state index is 12.8. The number of nitrogens with one attached hydrogen (secondary N) is 1. The number of rotatable bonds is 5. The van der Waals surface area contributed by atoms with E-state index in [1.165, 1.54) is 17.4 Å². The van der Waals surface area contributed by atoms with E-state index < -0.39 is 10.0 Å². The third-order valence-corrected chi connectivity index (χ3v) is 7.32. The van der Waals surface area contributed by atoms with Gasteiger partial charge >= 0.3 is 0 Å². The Kier molecular flexibility index (Phi) is 5.58. The minimum Gasteiger partial charge on any atom is -0.376 e. The molecule has 10 nitrogen and oxygen atoms in total. The number of carbonyl (C=O) groups is 1. The summed E-state index contributed by atoms with van der Waals surface area (Å²) in [6.45, 7) is 3.06. The number of anilines is 3. The molecule has 3 rings (SSSR count). The van der Waals surface area contributed by atoms with Crippen LogP contribution in [0, 0.1) is 0 Å². The van der Waals surface area contributed by atoms with Crippen LogP contribution >= 0.6 is 11.3 Å². The molecule has 1 saturated heterocycles. The van der Waals surface area contributed by atoms with Crippen molar-refractivity contribution in [1.82, 2.24) is 19.5 Å².